The molecule has 0 unspecified atom stereocenters. The summed E-state index contributed by atoms with van der Waals surface area (Å²) in [6.07, 6.45) is 1.67. The number of nitrogens with zero attached hydrogens (tertiary/aromatic N) is 3. The minimum Gasteiger partial charge on any atom is -0.493 e. The Bertz CT molecular complexity index is 1380. The molecule has 0 aliphatic rings. The van der Waals surface area contributed by atoms with E-state index in [0.717, 1.165) is 5.56 Å². The molecule has 0 saturated heterocycles. The van der Waals surface area contributed by atoms with Gasteiger partial charge in [0, 0.05) is 6.07 Å². The van der Waals surface area contributed by atoms with E-state index in [4.69, 9.17) is 9.05 Å². The van der Waals surface area contributed by atoms with Crippen LogP contribution in [0.3, 0.4) is 0 Å². The number of hydrogen-bond donors (Lipinski definition) is 1. The summed E-state index contributed by atoms with van der Waals surface area (Å²) in [5.41, 5.74) is 2.22. The molecule has 8 heteroatoms. The van der Waals surface area contributed by atoms with Gasteiger partial charge >= 0.3 is 7.60 Å². The molecule has 0 fully saturated rings. The monoisotopic (exact) mass is 457 g/mol. The van der Waals surface area contributed by atoms with Crippen LogP contribution in [0.1, 0.15) is 5.56 Å². The van der Waals surface area contributed by atoms with Crippen molar-refractivity contribution in [3.8, 4) is 17.4 Å². The molecular weight excluding hydrogens is 437 g/mol. The number of rotatable bonds is 7. The highest BCUT2D eigenvalue weighted by Crippen LogP contribution is 2.47. The molecular formula is C25H20N3O4P. The maximum Gasteiger partial charge on any atom is 0.462 e. The van der Waals surface area contributed by atoms with Crippen molar-refractivity contribution in [3.63, 3.8) is 0 Å². The maximum atomic E-state index is 13.9. The van der Waals surface area contributed by atoms with Gasteiger partial charge in [0.05, 0.1) is 18.2 Å². The summed E-state index contributed by atoms with van der Waals surface area (Å²) in [5.74, 6) is 0.852. The molecule has 2 aromatic heterocycles. The molecule has 7 nitrogen and oxygen atoms in total. The van der Waals surface area contributed by atoms with Gasteiger partial charge in [-0.05, 0) is 48.0 Å². The molecule has 5 aromatic rings. The number of pyridine rings is 1. The Balaban J connectivity index is 1.44. The number of aromatic hydroxyl groups is 1. The number of hydrogen-bond acceptors (Lipinski definition) is 6. The first-order valence-electron chi connectivity index (χ1n) is 10.3. The largest absolute Gasteiger partial charge is 0.493 e. The SMILES string of the molecule is O=P(Oc1ccccc1)(Oc1ccccc1)c1ccc(Cn2cnc3ccc(O)nc32)cc1. The zero-order valence-corrected chi connectivity index (χ0v) is 18.4. The van der Waals surface area contributed by atoms with Crippen molar-refractivity contribution >= 4 is 24.1 Å². The summed E-state index contributed by atoms with van der Waals surface area (Å²) in [5, 5.41) is 10.1. The number of fused-ring (bicyclic) bond motifs is 1. The van der Waals surface area contributed by atoms with Crippen LogP contribution in [-0.2, 0) is 11.1 Å². The van der Waals surface area contributed by atoms with Gasteiger partial charge in [-0.3, -0.25) is 0 Å². The molecule has 1 N–H and O–H groups in total. The van der Waals surface area contributed by atoms with Crippen molar-refractivity contribution in [3.05, 3.63) is 109 Å². The first-order valence-corrected chi connectivity index (χ1v) is 11.8. The molecule has 0 spiro atoms. The molecule has 3 aromatic carbocycles. The van der Waals surface area contributed by atoms with Crippen molar-refractivity contribution in [1.82, 2.24) is 14.5 Å². The lowest BCUT2D eigenvalue weighted by atomic mass is 10.2. The Hall–Kier alpha value is -4.09. The Labute approximate surface area is 190 Å². The van der Waals surface area contributed by atoms with Crippen molar-refractivity contribution in [2.24, 2.45) is 0 Å². The summed E-state index contributed by atoms with van der Waals surface area (Å²) in [6.45, 7) is 0.483. The average molecular weight is 457 g/mol. The summed E-state index contributed by atoms with van der Waals surface area (Å²) < 4.78 is 27.5. The molecule has 0 aliphatic carbocycles. The van der Waals surface area contributed by atoms with E-state index in [1.165, 1.54) is 6.07 Å². The molecule has 0 radical (unpaired) electrons. The van der Waals surface area contributed by atoms with Gasteiger partial charge in [0.15, 0.2) is 5.65 Å². The van der Waals surface area contributed by atoms with Gasteiger partial charge < -0.3 is 18.7 Å². The molecule has 33 heavy (non-hydrogen) atoms. The van der Waals surface area contributed by atoms with Crippen molar-refractivity contribution in [2.75, 3.05) is 0 Å². The fourth-order valence-corrected chi connectivity index (χ4v) is 4.95. The van der Waals surface area contributed by atoms with Crippen LogP contribution in [-0.4, -0.2) is 19.6 Å². The first-order chi connectivity index (χ1) is 16.1. The molecule has 0 saturated carbocycles. The second-order valence-corrected chi connectivity index (χ2v) is 9.23. The fourth-order valence-electron chi connectivity index (χ4n) is 3.39. The van der Waals surface area contributed by atoms with Gasteiger partial charge in [0.25, 0.3) is 0 Å². The van der Waals surface area contributed by atoms with Crippen LogP contribution in [0.2, 0.25) is 0 Å². The second-order valence-electron chi connectivity index (χ2n) is 7.36. The molecule has 0 bridgehead atoms. The summed E-state index contributed by atoms with van der Waals surface area (Å²) in [6, 6.07) is 28.3. The number of para-hydroxylation sites is 2. The smallest absolute Gasteiger partial charge is 0.462 e. The summed E-state index contributed by atoms with van der Waals surface area (Å²) >= 11 is 0. The summed E-state index contributed by atoms with van der Waals surface area (Å²) in [7, 11) is -3.72. The van der Waals surface area contributed by atoms with E-state index in [9.17, 15) is 9.67 Å². The Morgan fingerprint density at radius 3 is 2.00 bits per heavy atom. The third-order valence-corrected chi connectivity index (χ3v) is 6.82. The fraction of sp³-hybridized carbons (Fsp3) is 0.0400. The van der Waals surface area contributed by atoms with Gasteiger partial charge in [-0.1, -0.05) is 48.5 Å². The highest BCUT2D eigenvalue weighted by molar-refractivity contribution is 7.63. The quantitative estimate of drug-likeness (QED) is 0.340. The minimum absolute atomic E-state index is 0.0587. The number of imidazole rings is 1. The van der Waals surface area contributed by atoms with Crippen LogP contribution >= 0.6 is 7.60 Å². The van der Waals surface area contributed by atoms with Crippen molar-refractivity contribution < 1.29 is 18.7 Å². The van der Waals surface area contributed by atoms with E-state index in [-0.39, 0.29) is 5.88 Å². The van der Waals surface area contributed by atoms with Gasteiger partial charge in [0.1, 0.15) is 17.0 Å². The van der Waals surface area contributed by atoms with E-state index in [1.54, 1.807) is 48.8 Å². The van der Waals surface area contributed by atoms with E-state index < -0.39 is 7.60 Å². The van der Waals surface area contributed by atoms with E-state index in [0.29, 0.717) is 34.5 Å². The standard InChI is InChI=1S/C25H20N3O4P/c29-24-16-15-23-25(27-24)28(18-26-23)17-19-11-13-22(14-12-19)33(30,31-20-7-3-1-4-8-20)32-21-9-5-2-6-10-21/h1-16,18H,17H2,(H,27,29). The van der Waals surface area contributed by atoms with Gasteiger partial charge in [-0.2, -0.15) is 4.98 Å². The zero-order valence-electron chi connectivity index (χ0n) is 17.5. The summed E-state index contributed by atoms with van der Waals surface area (Å²) in [4.78, 5) is 8.47. The van der Waals surface area contributed by atoms with Crippen LogP contribution < -0.4 is 14.4 Å². The van der Waals surface area contributed by atoms with Gasteiger partial charge in [0.2, 0.25) is 5.88 Å². The second kappa shape index (κ2) is 8.81. The Kier molecular flexibility index (Phi) is 5.55. The highest BCUT2D eigenvalue weighted by atomic mass is 31.2. The molecule has 0 atom stereocenters. The van der Waals surface area contributed by atoms with Crippen LogP contribution in [0.15, 0.2) is 103 Å². The highest BCUT2D eigenvalue weighted by Gasteiger charge is 2.31. The molecule has 0 aliphatic heterocycles. The minimum atomic E-state index is -3.72. The maximum absolute atomic E-state index is 13.9. The average Bonchev–Trinajstić information content (AvgIpc) is 3.22. The van der Waals surface area contributed by atoms with Crippen molar-refractivity contribution in [2.45, 2.75) is 6.54 Å². The van der Waals surface area contributed by atoms with Gasteiger partial charge in [-0.15, -0.1) is 0 Å². The molecule has 164 valence electrons. The van der Waals surface area contributed by atoms with E-state index >= 15 is 0 Å². The van der Waals surface area contributed by atoms with Gasteiger partial charge in [-0.25, -0.2) is 9.55 Å². The lowest BCUT2D eigenvalue weighted by Gasteiger charge is -2.20. The Morgan fingerprint density at radius 1 is 0.788 bits per heavy atom. The number of aromatic nitrogens is 3. The van der Waals surface area contributed by atoms with Crippen molar-refractivity contribution in [1.29, 1.82) is 0 Å². The van der Waals surface area contributed by atoms with Crippen LogP contribution in [0.4, 0.5) is 0 Å². The molecule has 0 amide bonds. The van der Waals surface area contributed by atoms with E-state index in [1.807, 2.05) is 53.1 Å². The van der Waals surface area contributed by atoms with E-state index in [2.05, 4.69) is 9.97 Å². The predicted molar refractivity (Wildman–Crippen MR) is 126 cm³/mol. The van der Waals surface area contributed by atoms with Crippen LogP contribution in [0.25, 0.3) is 11.2 Å². The topological polar surface area (TPSA) is 86.5 Å². The zero-order chi connectivity index (χ0) is 22.7. The number of benzene rings is 3. The first kappa shape index (κ1) is 20.8. The lowest BCUT2D eigenvalue weighted by molar-refractivity contribution is 0.399. The van der Waals surface area contributed by atoms with Crippen LogP contribution in [0, 0.1) is 0 Å². The third kappa shape index (κ3) is 4.59. The normalized spacial score (nSPS) is 11.4. The molecule has 5 rings (SSSR count). The Morgan fingerprint density at radius 2 is 1.39 bits per heavy atom. The molecule has 2 heterocycles. The van der Waals surface area contributed by atoms with Crippen LogP contribution in [0.5, 0.6) is 17.4 Å². The lowest BCUT2D eigenvalue weighted by Crippen LogP contribution is -2.15. The predicted octanol–water partition coefficient (Wildman–Crippen LogP) is 5.16. The third-order valence-electron chi connectivity index (χ3n) is 4.99.